The van der Waals surface area contributed by atoms with Crippen LogP contribution in [0.3, 0.4) is 0 Å². The molecule has 0 saturated heterocycles. The second kappa shape index (κ2) is 13.0. The molecule has 2 N–H and O–H groups in total. The quantitative estimate of drug-likeness (QED) is 0.353. The average molecular weight is 617 g/mol. The highest BCUT2D eigenvalue weighted by Crippen LogP contribution is 2.26. The number of hydrogen-bond acceptors (Lipinski definition) is 7. The van der Waals surface area contributed by atoms with Gasteiger partial charge in [0.1, 0.15) is 23.5 Å². The fourth-order valence-electron chi connectivity index (χ4n) is 4.03. The van der Waals surface area contributed by atoms with Gasteiger partial charge >= 0.3 is 22.9 Å². The van der Waals surface area contributed by atoms with Gasteiger partial charge in [0, 0.05) is 38.3 Å². The molecule has 0 aliphatic carbocycles. The first kappa shape index (κ1) is 31.4. The summed E-state index contributed by atoms with van der Waals surface area (Å²) in [5.41, 5.74) is 0.746. The number of carbonyl (C=O) groups is 2. The van der Waals surface area contributed by atoms with Crippen molar-refractivity contribution in [3.05, 3.63) is 77.6 Å². The number of anilines is 2. The zero-order valence-corrected chi connectivity index (χ0v) is 23.0. The monoisotopic (exact) mass is 616 g/mol. The highest BCUT2D eigenvalue weighted by Gasteiger charge is 2.33. The molecular weight excluding hydrogens is 592 g/mol. The fourth-order valence-corrected chi connectivity index (χ4v) is 5.16. The number of fused-ring (bicyclic) bond motifs is 1. The summed E-state index contributed by atoms with van der Waals surface area (Å²) in [6.45, 7) is -3.08. The van der Waals surface area contributed by atoms with Gasteiger partial charge < -0.3 is 15.0 Å². The standard InChI is InChI=1S/C24H22F4N6O5S.H2S/c1-33(18-4-5-20(30-13-18)39-23(27)28)22(35)19(11-14-9-16(25)12-17(26)10-14)31-24(36)32-40(37,38)34-8-6-15-3-2-7-29-21(15)34;/h2-5,7,9-10,12-13,19,23H,6,8,11H2,1H3,(H2,31,32,36);1H2/t19-;/m0./s1. The molecule has 0 saturated carbocycles. The van der Waals surface area contributed by atoms with Gasteiger partial charge in [-0.05, 0) is 41.8 Å². The number of halogens is 4. The van der Waals surface area contributed by atoms with Crippen molar-refractivity contribution in [1.82, 2.24) is 20.0 Å². The van der Waals surface area contributed by atoms with Crippen LogP contribution in [0.15, 0.2) is 54.9 Å². The lowest BCUT2D eigenvalue weighted by Gasteiger charge is -2.25. The molecule has 17 heteroatoms. The maximum atomic E-state index is 13.8. The maximum absolute atomic E-state index is 13.8. The number of nitrogens with one attached hydrogen (secondary N) is 2. The molecule has 3 amide bonds. The first-order chi connectivity index (χ1) is 18.9. The number of alkyl halides is 2. The van der Waals surface area contributed by atoms with Crippen LogP contribution in [-0.2, 0) is 27.8 Å². The van der Waals surface area contributed by atoms with E-state index in [2.05, 4.69) is 20.0 Å². The third kappa shape index (κ3) is 7.75. The number of hydrogen-bond donors (Lipinski definition) is 2. The van der Waals surface area contributed by atoms with Gasteiger partial charge in [-0.3, -0.25) is 4.79 Å². The van der Waals surface area contributed by atoms with Crippen molar-refractivity contribution in [3.8, 4) is 5.88 Å². The van der Waals surface area contributed by atoms with Crippen molar-refractivity contribution in [3.63, 3.8) is 0 Å². The minimum atomic E-state index is -4.44. The predicted molar refractivity (Wildman–Crippen MR) is 144 cm³/mol. The Balaban J connectivity index is 0.00000462. The molecule has 4 rings (SSSR count). The minimum Gasteiger partial charge on any atom is -0.417 e. The first-order valence-electron chi connectivity index (χ1n) is 11.6. The zero-order valence-electron chi connectivity index (χ0n) is 21.2. The maximum Gasteiger partial charge on any atom is 0.388 e. The van der Waals surface area contributed by atoms with E-state index in [0.717, 1.165) is 33.6 Å². The molecule has 41 heavy (non-hydrogen) atoms. The number of pyridine rings is 2. The average Bonchev–Trinajstić information content (AvgIpc) is 3.32. The molecule has 3 heterocycles. The second-order valence-electron chi connectivity index (χ2n) is 8.55. The molecule has 1 aliphatic rings. The topological polar surface area (TPSA) is 134 Å². The summed E-state index contributed by atoms with van der Waals surface area (Å²) in [4.78, 5) is 34.9. The van der Waals surface area contributed by atoms with Crippen molar-refractivity contribution >= 4 is 47.1 Å². The van der Waals surface area contributed by atoms with E-state index in [1.807, 2.05) is 4.72 Å². The van der Waals surface area contributed by atoms with E-state index in [0.29, 0.717) is 18.1 Å². The molecule has 2 aromatic heterocycles. The van der Waals surface area contributed by atoms with E-state index < -0.39 is 58.7 Å². The van der Waals surface area contributed by atoms with Gasteiger partial charge in [0.2, 0.25) is 11.8 Å². The van der Waals surface area contributed by atoms with Crippen molar-refractivity contribution in [2.45, 2.75) is 25.5 Å². The number of aromatic nitrogens is 2. The molecular formula is C24H24F4N6O5S2. The van der Waals surface area contributed by atoms with Crippen LogP contribution in [0.2, 0.25) is 0 Å². The molecule has 1 aromatic carbocycles. The Morgan fingerprint density at radius 1 is 1.12 bits per heavy atom. The van der Waals surface area contributed by atoms with E-state index in [1.54, 1.807) is 12.1 Å². The van der Waals surface area contributed by atoms with E-state index in [-0.39, 0.29) is 37.1 Å². The Morgan fingerprint density at radius 2 is 1.83 bits per heavy atom. The van der Waals surface area contributed by atoms with Crippen LogP contribution in [0.25, 0.3) is 0 Å². The molecule has 0 fully saturated rings. The number of rotatable bonds is 9. The molecule has 1 aliphatic heterocycles. The molecule has 0 unspecified atom stereocenters. The van der Waals surface area contributed by atoms with E-state index in [1.165, 1.54) is 19.3 Å². The van der Waals surface area contributed by atoms with Crippen LogP contribution in [0.1, 0.15) is 11.1 Å². The number of benzene rings is 1. The Morgan fingerprint density at radius 3 is 2.46 bits per heavy atom. The molecule has 0 bridgehead atoms. The highest BCUT2D eigenvalue weighted by molar-refractivity contribution is 7.91. The third-order valence-corrected chi connectivity index (χ3v) is 7.19. The van der Waals surface area contributed by atoms with Crippen LogP contribution in [0.5, 0.6) is 5.88 Å². The van der Waals surface area contributed by atoms with Crippen LogP contribution in [0, 0.1) is 11.6 Å². The Kier molecular flexibility index (Phi) is 9.98. The molecule has 0 spiro atoms. The first-order valence-corrected chi connectivity index (χ1v) is 13.0. The van der Waals surface area contributed by atoms with Crippen LogP contribution < -0.4 is 24.0 Å². The smallest absolute Gasteiger partial charge is 0.388 e. The van der Waals surface area contributed by atoms with Crippen molar-refractivity contribution < 1.29 is 40.3 Å². The number of amides is 3. The summed E-state index contributed by atoms with van der Waals surface area (Å²) in [6, 6.07) is 5.37. The van der Waals surface area contributed by atoms with Gasteiger partial charge in [0.25, 0.3) is 0 Å². The SMILES string of the molecule is CN(C(=O)[C@H](Cc1cc(F)cc(F)c1)NC(=O)NS(=O)(=O)N1CCc2cccnc21)c1ccc(OC(F)F)nc1.S. The summed E-state index contributed by atoms with van der Waals surface area (Å²) >= 11 is 0. The largest absolute Gasteiger partial charge is 0.417 e. The molecule has 220 valence electrons. The summed E-state index contributed by atoms with van der Waals surface area (Å²) in [7, 11) is -3.17. The second-order valence-corrected chi connectivity index (χ2v) is 10.1. The number of urea groups is 1. The van der Waals surface area contributed by atoms with Gasteiger partial charge in [-0.25, -0.2) is 32.6 Å². The summed E-state index contributed by atoms with van der Waals surface area (Å²) < 4.78 is 85.2. The zero-order chi connectivity index (χ0) is 29.0. The van der Waals surface area contributed by atoms with Gasteiger partial charge in [0.05, 0.1) is 11.9 Å². The Hall–Kier alpha value is -4.12. The van der Waals surface area contributed by atoms with E-state index >= 15 is 0 Å². The number of likely N-dealkylation sites (N-methyl/N-ethyl adjacent to an activating group) is 1. The Labute approximate surface area is 239 Å². The lowest BCUT2D eigenvalue weighted by molar-refractivity contribution is -0.120. The fraction of sp³-hybridized carbons (Fsp3) is 0.250. The van der Waals surface area contributed by atoms with Crippen LogP contribution in [0.4, 0.5) is 33.9 Å². The van der Waals surface area contributed by atoms with Gasteiger partial charge in [-0.2, -0.15) is 30.7 Å². The third-order valence-electron chi connectivity index (χ3n) is 5.81. The van der Waals surface area contributed by atoms with Crippen molar-refractivity contribution in [2.75, 3.05) is 22.8 Å². The normalized spacial score (nSPS) is 13.2. The Bertz CT molecular complexity index is 1490. The van der Waals surface area contributed by atoms with Crippen LogP contribution in [-0.4, -0.2) is 56.6 Å². The lowest BCUT2D eigenvalue weighted by Crippen LogP contribution is -2.54. The number of carbonyl (C=O) groups excluding carboxylic acids is 2. The number of ether oxygens (including phenoxy) is 1. The minimum absolute atomic E-state index is 0. The molecule has 0 radical (unpaired) electrons. The molecule has 1 atom stereocenters. The van der Waals surface area contributed by atoms with Gasteiger partial charge in [-0.1, -0.05) is 6.07 Å². The van der Waals surface area contributed by atoms with Crippen molar-refractivity contribution in [1.29, 1.82) is 0 Å². The van der Waals surface area contributed by atoms with Gasteiger partial charge in [-0.15, -0.1) is 0 Å². The van der Waals surface area contributed by atoms with E-state index in [4.69, 9.17) is 0 Å². The lowest BCUT2D eigenvalue weighted by atomic mass is 10.0. The molecule has 11 nitrogen and oxygen atoms in total. The highest BCUT2D eigenvalue weighted by atomic mass is 32.2. The van der Waals surface area contributed by atoms with E-state index in [9.17, 15) is 35.6 Å². The summed E-state index contributed by atoms with van der Waals surface area (Å²) in [5, 5.41) is 2.24. The van der Waals surface area contributed by atoms with Gasteiger partial charge in [0.15, 0.2) is 0 Å². The predicted octanol–water partition coefficient (Wildman–Crippen LogP) is 2.65. The summed E-state index contributed by atoms with van der Waals surface area (Å²) in [5.74, 6) is -2.96. The number of nitrogens with zero attached hydrogens (tertiary/aromatic N) is 4. The van der Waals surface area contributed by atoms with Crippen molar-refractivity contribution in [2.24, 2.45) is 0 Å². The summed E-state index contributed by atoms with van der Waals surface area (Å²) in [6.07, 6.45) is 2.39. The molecule has 3 aromatic rings. The van der Waals surface area contributed by atoms with Crippen LogP contribution >= 0.6 is 13.5 Å².